The smallest absolute Gasteiger partial charge is 0.417 e. The largest absolute Gasteiger partial charge is 0.467 e. The van der Waals surface area contributed by atoms with Gasteiger partial charge >= 0.3 is 12.1 Å². The highest BCUT2D eigenvalue weighted by Gasteiger charge is 2.34. The molecule has 2 atom stereocenters. The maximum absolute atomic E-state index is 12.8. The van der Waals surface area contributed by atoms with Crippen LogP contribution in [0.5, 0.6) is 0 Å². The predicted molar refractivity (Wildman–Crippen MR) is 67.3 cm³/mol. The number of benzene rings is 1. The highest BCUT2D eigenvalue weighted by Crippen LogP contribution is 2.33. The number of aliphatic hydroxyl groups excluding tert-OH is 1. The lowest BCUT2D eigenvalue weighted by Crippen LogP contribution is -2.40. The summed E-state index contributed by atoms with van der Waals surface area (Å²) in [6, 6.07) is 3.14. The lowest BCUT2D eigenvalue weighted by Gasteiger charge is -2.21. The zero-order valence-corrected chi connectivity index (χ0v) is 11.2. The Morgan fingerprint density at radius 3 is 2.52 bits per heavy atom. The second-order valence-electron chi connectivity index (χ2n) is 4.26. The van der Waals surface area contributed by atoms with Crippen LogP contribution in [0.4, 0.5) is 18.9 Å². The van der Waals surface area contributed by atoms with Gasteiger partial charge in [-0.15, -0.1) is 0 Å². The number of rotatable bonds is 4. The minimum atomic E-state index is -4.70. The quantitative estimate of drug-likeness (QED) is 0.830. The van der Waals surface area contributed by atoms with Crippen molar-refractivity contribution in [1.82, 2.24) is 0 Å². The Morgan fingerprint density at radius 1 is 1.48 bits per heavy atom. The molecule has 0 spiro atoms. The Morgan fingerprint density at radius 2 is 2.10 bits per heavy atom. The van der Waals surface area contributed by atoms with Gasteiger partial charge in [0, 0.05) is 5.69 Å². The fraction of sp³-hybridized carbons (Fsp3) is 0.385. The van der Waals surface area contributed by atoms with E-state index in [4.69, 9.17) is 5.26 Å². The Bertz CT molecular complexity index is 565. The van der Waals surface area contributed by atoms with Crippen LogP contribution in [0.25, 0.3) is 0 Å². The molecule has 114 valence electrons. The molecule has 21 heavy (non-hydrogen) atoms. The summed E-state index contributed by atoms with van der Waals surface area (Å²) in [5, 5.41) is 20.6. The third-order valence-corrected chi connectivity index (χ3v) is 2.71. The number of ether oxygens (including phenoxy) is 1. The van der Waals surface area contributed by atoms with Gasteiger partial charge in [0.1, 0.15) is 0 Å². The molecule has 0 heterocycles. The summed E-state index contributed by atoms with van der Waals surface area (Å²) in [7, 11) is 1.10. The van der Waals surface area contributed by atoms with Crippen LogP contribution < -0.4 is 5.32 Å². The van der Waals surface area contributed by atoms with E-state index >= 15 is 0 Å². The van der Waals surface area contributed by atoms with E-state index in [1.165, 1.54) is 19.1 Å². The number of nitrogens with zero attached hydrogens (tertiary/aromatic N) is 1. The molecule has 0 aliphatic heterocycles. The average Bonchev–Trinajstić information content (AvgIpc) is 2.42. The first-order chi connectivity index (χ1) is 9.70. The molecule has 0 aliphatic rings. The zero-order valence-electron chi connectivity index (χ0n) is 11.2. The van der Waals surface area contributed by atoms with Gasteiger partial charge in [0.05, 0.1) is 30.4 Å². The number of nitriles is 1. The molecular formula is C13H13F3N2O3. The zero-order chi connectivity index (χ0) is 16.2. The standard InChI is InChI=1S/C13H13F3N2O3/c1-7(19)11(12(20)21-2)18-9-4-3-8(6-17)10(5-9)13(14,15)16/h3-5,7,11,18-19H,1-2H3/t7?,11-/m1/s1. The molecule has 0 aromatic heterocycles. The molecular weight excluding hydrogens is 289 g/mol. The van der Waals surface area contributed by atoms with Crippen LogP contribution in [-0.2, 0) is 15.7 Å². The lowest BCUT2D eigenvalue weighted by atomic mass is 10.1. The topological polar surface area (TPSA) is 82.3 Å². The predicted octanol–water partition coefficient (Wildman–Crippen LogP) is 1.91. The Kier molecular flexibility index (Phi) is 5.16. The van der Waals surface area contributed by atoms with Crippen LogP contribution in [0.2, 0.25) is 0 Å². The van der Waals surface area contributed by atoms with Gasteiger partial charge in [-0.25, -0.2) is 4.79 Å². The van der Waals surface area contributed by atoms with Gasteiger partial charge in [-0.05, 0) is 25.1 Å². The number of carbonyl (C=O) groups is 1. The van der Waals surface area contributed by atoms with Crippen molar-refractivity contribution in [3.63, 3.8) is 0 Å². The normalized spacial score (nSPS) is 14.0. The fourth-order valence-corrected chi connectivity index (χ4v) is 1.65. The first-order valence-corrected chi connectivity index (χ1v) is 5.84. The molecule has 0 fully saturated rings. The number of carbonyl (C=O) groups excluding carboxylic acids is 1. The number of methoxy groups -OCH3 is 1. The molecule has 1 rings (SSSR count). The van der Waals surface area contributed by atoms with Crippen LogP contribution >= 0.6 is 0 Å². The third kappa shape index (κ3) is 4.10. The van der Waals surface area contributed by atoms with Gasteiger partial charge in [0.15, 0.2) is 6.04 Å². The molecule has 5 nitrogen and oxygen atoms in total. The molecule has 1 unspecified atom stereocenters. The second-order valence-corrected chi connectivity index (χ2v) is 4.26. The minimum absolute atomic E-state index is 0.0578. The van der Waals surface area contributed by atoms with Crippen LogP contribution in [0.1, 0.15) is 18.1 Å². The summed E-state index contributed by atoms with van der Waals surface area (Å²) < 4.78 is 42.9. The molecule has 0 amide bonds. The van der Waals surface area contributed by atoms with Crippen LogP contribution in [0.3, 0.4) is 0 Å². The Hall–Kier alpha value is -2.27. The molecule has 8 heteroatoms. The number of aliphatic hydroxyl groups is 1. The van der Waals surface area contributed by atoms with Crippen molar-refractivity contribution in [2.24, 2.45) is 0 Å². The summed E-state index contributed by atoms with van der Waals surface area (Å²) in [6.07, 6.45) is -5.88. The van der Waals surface area contributed by atoms with E-state index in [-0.39, 0.29) is 5.69 Å². The van der Waals surface area contributed by atoms with Gasteiger partial charge in [0.25, 0.3) is 0 Å². The van der Waals surface area contributed by atoms with Crippen molar-refractivity contribution in [3.8, 4) is 6.07 Å². The van der Waals surface area contributed by atoms with Crippen molar-refractivity contribution in [1.29, 1.82) is 5.26 Å². The van der Waals surface area contributed by atoms with Gasteiger partial charge < -0.3 is 15.2 Å². The van der Waals surface area contributed by atoms with Gasteiger partial charge in [-0.2, -0.15) is 18.4 Å². The maximum atomic E-state index is 12.8. The third-order valence-electron chi connectivity index (χ3n) is 2.71. The summed E-state index contributed by atoms with van der Waals surface area (Å²) in [6.45, 7) is 1.29. The SMILES string of the molecule is COC(=O)[C@H](Nc1ccc(C#N)c(C(F)(F)F)c1)C(C)O. The average molecular weight is 302 g/mol. The summed E-state index contributed by atoms with van der Waals surface area (Å²) in [5.41, 5.74) is -1.71. The number of hydrogen-bond donors (Lipinski definition) is 2. The van der Waals surface area contributed by atoms with Crippen molar-refractivity contribution in [3.05, 3.63) is 29.3 Å². The van der Waals surface area contributed by atoms with E-state index in [0.717, 1.165) is 13.2 Å². The number of halogens is 3. The minimum Gasteiger partial charge on any atom is -0.467 e. The van der Waals surface area contributed by atoms with Crippen molar-refractivity contribution in [2.75, 3.05) is 12.4 Å². The molecule has 0 saturated heterocycles. The fourth-order valence-electron chi connectivity index (χ4n) is 1.65. The number of hydrogen-bond acceptors (Lipinski definition) is 5. The molecule has 0 aliphatic carbocycles. The van der Waals surface area contributed by atoms with E-state index in [1.54, 1.807) is 0 Å². The molecule has 2 N–H and O–H groups in total. The summed E-state index contributed by atoms with van der Waals surface area (Å²) >= 11 is 0. The lowest BCUT2D eigenvalue weighted by molar-refractivity contribution is -0.143. The first-order valence-electron chi connectivity index (χ1n) is 5.84. The van der Waals surface area contributed by atoms with Gasteiger partial charge in [-0.3, -0.25) is 0 Å². The number of nitrogens with one attached hydrogen (secondary N) is 1. The molecule has 0 radical (unpaired) electrons. The summed E-state index contributed by atoms with van der Waals surface area (Å²) in [5.74, 6) is -0.817. The van der Waals surface area contributed by atoms with Crippen molar-refractivity contribution < 1.29 is 27.8 Å². The summed E-state index contributed by atoms with van der Waals surface area (Å²) in [4.78, 5) is 11.4. The highest BCUT2D eigenvalue weighted by molar-refractivity contribution is 5.80. The Balaban J connectivity index is 3.15. The monoisotopic (exact) mass is 302 g/mol. The highest BCUT2D eigenvalue weighted by atomic mass is 19.4. The van der Waals surface area contributed by atoms with Crippen molar-refractivity contribution >= 4 is 11.7 Å². The van der Waals surface area contributed by atoms with Crippen LogP contribution in [0.15, 0.2) is 18.2 Å². The van der Waals surface area contributed by atoms with E-state index < -0.39 is 35.4 Å². The molecule has 1 aromatic carbocycles. The van der Waals surface area contributed by atoms with E-state index in [1.807, 2.05) is 0 Å². The number of anilines is 1. The maximum Gasteiger partial charge on any atom is 0.417 e. The van der Waals surface area contributed by atoms with E-state index in [2.05, 4.69) is 10.1 Å². The van der Waals surface area contributed by atoms with Crippen LogP contribution in [-0.4, -0.2) is 30.3 Å². The first kappa shape index (κ1) is 16.8. The Labute approximate surface area is 118 Å². The van der Waals surface area contributed by atoms with Gasteiger partial charge in [0.2, 0.25) is 0 Å². The molecule has 0 saturated carbocycles. The van der Waals surface area contributed by atoms with Gasteiger partial charge in [-0.1, -0.05) is 0 Å². The molecule has 0 bridgehead atoms. The molecule has 1 aromatic rings. The second kappa shape index (κ2) is 6.45. The number of alkyl halides is 3. The van der Waals surface area contributed by atoms with E-state index in [9.17, 15) is 23.1 Å². The van der Waals surface area contributed by atoms with E-state index in [0.29, 0.717) is 6.07 Å². The van der Waals surface area contributed by atoms with Crippen LogP contribution in [0, 0.1) is 11.3 Å². The van der Waals surface area contributed by atoms with Crippen molar-refractivity contribution in [2.45, 2.75) is 25.2 Å². The number of esters is 1.